The molecule has 0 spiro atoms. The molecule has 1 N–H and O–H groups in total. The third-order valence-corrected chi connectivity index (χ3v) is 3.63. The van der Waals surface area contributed by atoms with E-state index in [1.54, 1.807) is 0 Å². The van der Waals surface area contributed by atoms with Crippen molar-refractivity contribution in [1.29, 1.82) is 0 Å². The van der Waals surface area contributed by atoms with Crippen molar-refractivity contribution in [2.75, 3.05) is 23.9 Å². The van der Waals surface area contributed by atoms with Crippen molar-refractivity contribution in [3.63, 3.8) is 0 Å². The molecule has 0 radical (unpaired) electrons. The molecule has 0 saturated heterocycles. The Morgan fingerprint density at radius 2 is 1.95 bits per heavy atom. The van der Waals surface area contributed by atoms with Gasteiger partial charge in [0.05, 0.1) is 21.3 Å². The van der Waals surface area contributed by atoms with E-state index in [9.17, 15) is 31.7 Å². The molecule has 0 saturated carbocycles. The number of alkyl halides is 3. The number of hydrogen-bond acceptors (Lipinski definition) is 5. The Kier molecular flexibility index (Phi) is 5.05. The van der Waals surface area contributed by atoms with Gasteiger partial charge in [0.1, 0.15) is 15.5 Å². The molecule has 0 heterocycles. The van der Waals surface area contributed by atoms with E-state index in [1.165, 1.54) is 0 Å². The maximum absolute atomic E-state index is 12.6. The van der Waals surface area contributed by atoms with Crippen LogP contribution in [0.4, 0.5) is 24.5 Å². The van der Waals surface area contributed by atoms with Crippen LogP contribution in [0.1, 0.15) is 5.56 Å². The van der Waals surface area contributed by atoms with Crippen LogP contribution in [0, 0.1) is 10.1 Å². The highest BCUT2D eigenvalue weighted by atomic mass is 35.5. The van der Waals surface area contributed by atoms with Crippen LogP contribution in [0.25, 0.3) is 0 Å². The second-order valence-corrected chi connectivity index (χ2v) is 6.83. The number of anilines is 1. The van der Waals surface area contributed by atoms with Gasteiger partial charge in [-0.3, -0.25) is 10.1 Å². The van der Waals surface area contributed by atoms with Gasteiger partial charge in [-0.25, -0.2) is 8.42 Å². The minimum Gasteiger partial charge on any atom is -0.378 e. The number of benzene rings is 1. The molecule has 0 bridgehead atoms. The Morgan fingerprint density at radius 1 is 1.38 bits per heavy atom. The molecule has 0 aromatic heterocycles. The number of hydrogen-bond donors (Lipinski definition) is 1. The van der Waals surface area contributed by atoms with Gasteiger partial charge < -0.3 is 5.32 Å². The predicted molar refractivity (Wildman–Crippen MR) is 71.3 cm³/mol. The van der Waals surface area contributed by atoms with Crippen LogP contribution < -0.4 is 5.32 Å². The van der Waals surface area contributed by atoms with Gasteiger partial charge in [0.25, 0.3) is 5.69 Å². The number of nitro groups is 1. The van der Waals surface area contributed by atoms with E-state index in [2.05, 4.69) is 5.32 Å². The molecular formula is C10H10ClF3N2O4S. The minimum atomic E-state index is -4.83. The number of nitrogens with zero attached hydrogens (tertiary/aromatic N) is 1. The average molecular weight is 347 g/mol. The fraction of sp³-hybridized carbons (Fsp3) is 0.400. The van der Waals surface area contributed by atoms with E-state index in [0.717, 1.165) is 12.3 Å². The highest BCUT2D eigenvalue weighted by Gasteiger charge is 2.36. The van der Waals surface area contributed by atoms with E-state index in [1.807, 2.05) is 0 Å². The molecule has 21 heavy (non-hydrogen) atoms. The molecule has 0 aliphatic carbocycles. The summed E-state index contributed by atoms with van der Waals surface area (Å²) in [5.41, 5.74) is -2.44. The van der Waals surface area contributed by atoms with Crippen molar-refractivity contribution in [3.05, 3.63) is 32.8 Å². The second kappa shape index (κ2) is 6.06. The summed E-state index contributed by atoms with van der Waals surface area (Å²) in [6, 6.07) is 1.07. The van der Waals surface area contributed by atoms with Crippen molar-refractivity contribution in [1.82, 2.24) is 0 Å². The first kappa shape index (κ1) is 17.5. The Hall–Kier alpha value is -1.55. The zero-order valence-electron chi connectivity index (χ0n) is 10.6. The molecule has 0 fully saturated rings. The standard InChI is InChI=1S/C10H10ClF3N2O4S/c1-21(19,20)3-2-15-8-5-7(11)6(10(12,13)14)4-9(8)16(17)18/h4-5,15H,2-3H2,1H3. The van der Waals surface area contributed by atoms with E-state index >= 15 is 0 Å². The fourth-order valence-corrected chi connectivity index (χ4v) is 2.19. The quantitative estimate of drug-likeness (QED) is 0.654. The van der Waals surface area contributed by atoms with Crippen LogP contribution >= 0.6 is 11.6 Å². The lowest BCUT2D eigenvalue weighted by molar-refractivity contribution is -0.384. The molecule has 1 rings (SSSR count). The molecule has 11 heteroatoms. The van der Waals surface area contributed by atoms with Crippen LogP contribution in [0.5, 0.6) is 0 Å². The summed E-state index contributed by atoms with van der Waals surface area (Å²) in [5.74, 6) is -0.331. The third-order valence-electron chi connectivity index (χ3n) is 2.38. The second-order valence-electron chi connectivity index (χ2n) is 4.16. The molecular weight excluding hydrogens is 337 g/mol. The van der Waals surface area contributed by atoms with Crippen LogP contribution in [-0.4, -0.2) is 31.9 Å². The van der Waals surface area contributed by atoms with Crippen molar-refractivity contribution in [2.45, 2.75) is 6.18 Å². The largest absolute Gasteiger partial charge is 0.418 e. The lowest BCUT2D eigenvalue weighted by atomic mass is 10.1. The van der Waals surface area contributed by atoms with E-state index in [-0.39, 0.29) is 18.0 Å². The van der Waals surface area contributed by atoms with Gasteiger partial charge in [0.2, 0.25) is 0 Å². The van der Waals surface area contributed by atoms with E-state index in [4.69, 9.17) is 11.6 Å². The highest BCUT2D eigenvalue weighted by Crippen LogP contribution is 2.40. The molecule has 6 nitrogen and oxygen atoms in total. The van der Waals surface area contributed by atoms with E-state index < -0.39 is 37.2 Å². The Morgan fingerprint density at radius 3 is 2.38 bits per heavy atom. The number of halogens is 4. The lowest BCUT2D eigenvalue weighted by Crippen LogP contribution is -2.15. The number of nitro benzene ring substituents is 1. The maximum atomic E-state index is 12.6. The molecule has 0 amide bonds. The highest BCUT2D eigenvalue weighted by molar-refractivity contribution is 7.90. The SMILES string of the molecule is CS(=O)(=O)CCNc1cc(Cl)c(C(F)(F)F)cc1[N+](=O)[O-]. The zero-order valence-corrected chi connectivity index (χ0v) is 12.1. The van der Waals surface area contributed by atoms with Gasteiger partial charge in [-0.05, 0) is 6.07 Å². The first-order valence-corrected chi connectivity index (χ1v) is 7.82. The van der Waals surface area contributed by atoms with Gasteiger partial charge in [-0.1, -0.05) is 11.6 Å². The summed E-state index contributed by atoms with van der Waals surface area (Å²) in [6.45, 7) is -0.193. The topological polar surface area (TPSA) is 89.3 Å². The Labute approximate surface area is 123 Å². The Balaban J connectivity index is 3.15. The lowest BCUT2D eigenvalue weighted by Gasteiger charge is -2.12. The maximum Gasteiger partial charge on any atom is 0.418 e. The van der Waals surface area contributed by atoms with Crippen LogP contribution in [0.2, 0.25) is 5.02 Å². The summed E-state index contributed by atoms with van der Waals surface area (Å²) in [7, 11) is -3.31. The number of sulfone groups is 1. The van der Waals surface area contributed by atoms with Crippen molar-refractivity contribution >= 4 is 32.8 Å². The minimum absolute atomic E-state index is 0.193. The molecule has 118 valence electrons. The smallest absolute Gasteiger partial charge is 0.378 e. The molecule has 0 aliphatic heterocycles. The monoisotopic (exact) mass is 346 g/mol. The van der Waals surface area contributed by atoms with Crippen molar-refractivity contribution < 1.29 is 26.5 Å². The Bertz CT molecular complexity index is 661. The van der Waals surface area contributed by atoms with Gasteiger partial charge in [0.15, 0.2) is 0 Å². The normalized spacial score (nSPS) is 12.2. The zero-order chi connectivity index (χ0) is 16.4. The van der Waals surface area contributed by atoms with Gasteiger partial charge >= 0.3 is 6.18 Å². The summed E-state index contributed by atoms with van der Waals surface area (Å²) in [6.07, 6.45) is -3.87. The molecule has 0 unspecified atom stereocenters. The van der Waals surface area contributed by atoms with Gasteiger partial charge in [-0.2, -0.15) is 13.2 Å². The van der Waals surface area contributed by atoms with E-state index in [0.29, 0.717) is 6.07 Å². The summed E-state index contributed by atoms with van der Waals surface area (Å²) >= 11 is 5.46. The number of nitrogens with one attached hydrogen (secondary N) is 1. The first-order valence-electron chi connectivity index (χ1n) is 5.38. The first-order chi connectivity index (χ1) is 9.42. The predicted octanol–water partition coefficient (Wildman–Crippen LogP) is 2.72. The van der Waals surface area contributed by atoms with Crippen LogP contribution in [-0.2, 0) is 16.0 Å². The van der Waals surface area contributed by atoms with Gasteiger partial charge in [-0.15, -0.1) is 0 Å². The third kappa shape index (κ3) is 5.05. The summed E-state index contributed by atoms with van der Waals surface area (Å²) in [4.78, 5) is 9.80. The van der Waals surface area contributed by atoms with Crippen molar-refractivity contribution in [2.24, 2.45) is 0 Å². The van der Waals surface area contributed by atoms with Crippen LogP contribution in [0.15, 0.2) is 12.1 Å². The average Bonchev–Trinajstić information content (AvgIpc) is 2.24. The molecule has 1 aromatic rings. The summed E-state index contributed by atoms with van der Waals surface area (Å²) < 4.78 is 59.8. The van der Waals surface area contributed by atoms with Gasteiger partial charge in [0, 0.05) is 18.9 Å². The summed E-state index contributed by atoms with van der Waals surface area (Å²) in [5, 5.41) is 12.5. The molecule has 0 atom stereocenters. The fourth-order valence-electron chi connectivity index (χ4n) is 1.44. The molecule has 0 aliphatic rings. The van der Waals surface area contributed by atoms with Crippen LogP contribution in [0.3, 0.4) is 0 Å². The molecule has 1 aromatic carbocycles. The number of rotatable bonds is 5. The van der Waals surface area contributed by atoms with Crippen molar-refractivity contribution in [3.8, 4) is 0 Å².